The lowest BCUT2D eigenvalue weighted by molar-refractivity contribution is -0.131. The lowest BCUT2D eigenvalue weighted by atomic mass is 10.1. The summed E-state index contributed by atoms with van der Waals surface area (Å²) in [6, 6.07) is 3.68. The molecule has 0 aliphatic rings. The maximum absolute atomic E-state index is 11.7. The number of ether oxygens (including phenoxy) is 1. The van der Waals surface area contributed by atoms with E-state index in [-0.39, 0.29) is 19.1 Å². The van der Waals surface area contributed by atoms with Gasteiger partial charge in [-0.05, 0) is 31.5 Å². The van der Waals surface area contributed by atoms with Gasteiger partial charge in [-0.25, -0.2) is 0 Å². The van der Waals surface area contributed by atoms with Crippen LogP contribution in [0, 0.1) is 6.92 Å². The Morgan fingerprint density at radius 3 is 2.72 bits per heavy atom. The summed E-state index contributed by atoms with van der Waals surface area (Å²) in [7, 11) is 1.73. The van der Waals surface area contributed by atoms with Crippen LogP contribution in [-0.2, 0) is 11.4 Å². The number of rotatable bonds is 5. The number of amides is 1. The molecule has 1 aromatic carbocycles. The van der Waals surface area contributed by atoms with E-state index in [1.807, 2.05) is 19.9 Å². The molecule has 1 amide bonds. The fraction of sp³-hybridized carbons (Fsp3) is 0.462. The molecule has 0 atom stereocenters. The quantitative estimate of drug-likeness (QED) is 0.905. The van der Waals surface area contributed by atoms with Gasteiger partial charge in [0.2, 0.25) is 0 Å². The van der Waals surface area contributed by atoms with Crippen LogP contribution in [-0.4, -0.2) is 36.1 Å². The molecule has 1 rings (SSSR count). The summed E-state index contributed by atoms with van der Waals surface area (Å²) in [5, 5.41) is 9.29. The summed E-state index contributed by atoms with van der Waals surface area (Å²) in [6.07, 6.45) is 0. The Bertz CT molecular complexity index is 434. The Hall–Kier alpha value is -1.07. The van der Waals surface area contributed by atoms with Crippen molar-refractivity contribution in [1.82, 2.24) is 4.90 Å². The first-order chi connectivity index (χ1) is 8.49. The number of benzene rings is 1. The Balaban J connectivity index is 2.81. The molecule has 100 valence electrons. The standard InChI is InChI=1S/C13H18BrNO3/c1-4-15(3)12(17)8-18-13-9(2)5-11(14)6-10(13)7-16/h5-6,16H,4,7-8H2,1-3H3. The molecule has 0 aromatic heterocycles. The van der Waals surface area contributed by atoms with Gasteiger partial charge in [-0.3, -0.25) is 4.79 Å². The molecule has 0 radical (unpaired) electrons. The van der Waals surface area contributed by atoms with Crippen molar-refractivity contribution in [2.75, 3.05) is 20.2 Å². The highest BCUT2D eigenvalue weighted by Gasteiger charge is 2.12. The number of nitrogens with zero attached hydrogens (tertiary/aromatic N) is 1. The third-order valence-electron chi connectivity index (χ3n) is 2.73. The predicted molar refractivity (Wildman–Crippen MR) is 73.6 cm³/mol. The zero-order chi connectivity index (χ0) is 13.7. The number of carbonyl (C=O) groups excluding carboxylic acids is 1. The highest BCUT2D eigenvalue weighted by atomic mass is 79.9. The topological polar surface area (TPSA) is 49.8 Å². The van der Waals surface area contributed by atoms with Gasteiger partial charge < -0.3 is 14.7 Å². The highest BCUT2D eigenvalue weighted by molar-refractivity contribution is 9.10. The monoisotopic (exact) mass is 315 g/mol. The maximum atomic E-state index is 11.7. The minimum absolute atomic E-state index is 0.0141. The van der Waals surface area contributed by atoms with Crippen molar-refractivity contribution >= 4 is 21.8 Å². The fourth-order valence-electron chi connectivity index (χ4n) is 1.54. The molecule has 0 unspecified atom stereocenters. The first kappa shape index (κ1) is 15.0. The number of aliphatic hydroxyl groups is 1. The minimum atomic E-state index is -0.118. The van der Waals surface area contributed by atoms with Crippen molar-refractivity contribution in [2.45, 2.75) is 20.5 Å². The molecular formula is C13H18BrNO3. The van der Waals surface area contributed by atoms with E-state index in [9.17, 15) is 9.90 Å². The summed E-state index contributed by atoms with van der Waals surface area (Å²) in [5.74, 6) is 0.502. The number of aryl methyl sites for hydroxylation is 1. The van der Waals surface area contributed by atoms with E-state index in [0.717, 1.165) is 10.0 Å². The summed E-state index contributed by atoms with van der Waals surface area (Å²) >= 11 is 3.36. The van der Waals surface area contributed by atoms with Crippen LogP contribution in [0.5, 0.6) is 5.75 Å². The van der Waals surface area contributed by atoms with E-state index >= 15 is 0 Å². The second kappa shape index (κ2) is 6.75. The van der Waals surface area contributed by atoms with E-state index in [2.05, 4.69) is 15.9 Å². The molecule has 0 bridgehead atoms. The van der Waals surface area contributed by atoms with Crippen LogP contribution in [0.15, 0.2) is 16.6 Å². The number of likely N-dealkylation sites (N-methyl/N-ethyl adjacent to an activating group) is 1. The zero-order valence-electron chi connectivity index (χ0n) is 10.9. The first-order valence-electron chi connectivity index (χ1n) is 5.76. The fourth-order valence-corrected chi connectivity index (χ4v) is 2.16. The van der Waals surface area contributed by atoms with Crippen LogP contribution in [0.1, 0.15) is 18.1 Å². The van der Waals surface area contributed by atoms with Gasteiger partial charge in [0.15, 0.2) is 6.61 Å². The lowest BCUT2D eigenvalue weighted by Crippen LogP contribution is -2.31. The number of hydrogen-bond acceptors (Lipinski definition) is 3. The third kappa shape index (κ3) is 3.71. The molecule has 0 aliphatic carbocycles. The summed E-state index contributed by atoms with van der Waals surface area (Å²) in [6.45, 7) is 4.30. The van der Waals surface area contributed by atoms with Gasteiger partial charge in [0.1, 0.15) is 5.75 Å². The van der Waals surface area contributed by atoms with Crippen LogP contribution in [0.2, 0.25) is 0 Å². The molecule has 0 heterocycles. The molecule has 18 heavy (non-hydrogen) atoms. The van der Waals surface area contributed by atoms with Crippen LogP contribution in [0.25, 0.3) is 0 Å². The molecule has 0 fully saturated rings. The second-order valence-corrected chi connectivity index (χ2v) is 4.98. The van der Waals surface area contributed by atoms with Crippen molar-refractivity contribution in [3.8, 4) is 5.75 Å². The molecule has 1 aromatic rings. The van der Waals surface area contributed by atoms with E-state index in [0.29, 0.717) is 17.9 Å². The summed E-state index contributed by atoms with van der Waals surface area (Å²) in [4.78, 5) is 13.2. The Labute approximate surface area is 116 Å². The van der Waals surface area contributed by atoms with Crippen LogP contribution in [0.4, 0.5) is 0 Å². The number of aliphatic hydroxyl groups excluding tert-OH is 1. The number of halogens is 1. The van der Waals surface area contributed by atoms with E-state index in [1.54, 1.807) is 18.0 Å². The van der Waals surface area contributed by atoms with Gasteiger partial charge in [-0.2, -0.15) is 0 Å². The third-order valence-corrected chi connectivity index (χ3v) is 3.18. The van der Waals surface area contributed by atoms with Gasteiger partial charge in [0.25, 0.3) is 5.91 Å². The molecular weight excluding hydrogens is 298 g/mol. The van der Waals surface area contributed by atoms with E-state index in [1.165, 1.54) is 0 Å². The lowest BCUT2D eigenvalue weighted by Gasteiger charge is -2.17. The molecule has 0 saturated heterocycles. The molecule has 5 heteroatoms. The average Bonchev–Trinajstić information content (AvgIpc) is 2.35. The molecule has 4 nitrogen and oxygen atoms in total. The van der Waals surface area contributed by atoms with Crippen LogP contribution in [0.3, 0.4) is 0 Å². The molecule has 0 aliphatic heterocycles. The smallest absolute Gasteiger partial charge is 0.260 e. The molecule has 0 saturated carbocycles. The predicted octanol–water partition coefficient (Wildman–Crippen LogP) is 2.11. The van der Waals surface area contributed by atoms with Crippen molar-refractivity contribution < 1.29 is 14.6 Å². The van der Waals surface area contributed by atoms with Crippen molar-refractivity contribution in [2.24, 2.45) is 0 Å². The summed E-state index contributed by atoms with van der Waals surface area (Å²) in [5.41, 5.74) is 1.56. The normalized spacial score (nSPS) is 10.3. The van der Waals surface area contributed by atoms with Crippen molar-refractivity contribution in [3.05, 3.63) is 27.7 Å². The van der Waals surface area contributed by atoms with Gasteiger partial charge in [0, 0.05) is 23.6 Å². The molecule has 1 N–H and O–H groups in total. The minimum Gasteiger partial charge on any atom is -0.483 e. The largest absolute Gasteiger partial charge is 0.483 e. The van der Waals surface area contributed by atoms with Crippen LogP contribution < -0.4 is 4.74 Å². The van der Waals surface area contributed by atoms with Gasteiger partial charge in [-0.15, -0.1) is 0 Å². The Morgan fingerprint density at radius 1 is 1.50 bits per heavy atom. The number of hydrogen-bond donors (Lipinski definition) is 1. The summed E-state index contributed by atoms with van der Waals surface area (Å²) < 4.78 is 6.41. The van der Waals surface area contributed by atoms with Gasteiger partial charge >= 0.3 is 0 Å². The second-order valence-electron chi connectivity index (χ2n) is 4.07. The van der Waals surface area contributed by atoms with Gasteiger partial charge in [-0.1, -0.05) is 15.9 Å². The Morgan fingerprint density at radius 2 is 2.17 bits per heavy atom. The van der Waals surface area contributed by atoms with Gasteiger partial charge in [0.05, 0.1) is 6.61 Å². The van der Waals surface area contributed by atoms with Crippen LogP contribution >= 0.6 is 15.9 Å². The van der Waals surface area contributed by atoms with Crippen molar-refractivity contribution in [1.29, 1.82) is 0 Å². The highest BCUT2D eigenvalue weighted by Crippen LogP contribution is 2.28. The van der Waals surface area contributed by atoms with E-state index < -0.39 is 0 Å². The zero-order valence-corrected chi connectivity index (χ0v) is 12.5. The Kier molecular flexibility index (Phi) is 5.62. The first-order valence-corrected chi connectivity index (χ1v) is 6.55. The van der Waals surface area contributed by atoms with E-state index in [4.69, 9.17) is 4.74 Å². The average molecular weight is 316 g/mol. The maximum Gasteiger partial charge on any atom is 0.260 e. The SMILES string of the molecule is CCN(C)C(=O)COc1c(C)cc(Br)cc1CO. The van der Waals surface area contributed by atoms with Crippen molar-refractivity contribution in [3.63, 3.8) is 0 Å². The number of carbonyl (C=O) groups is 1. The molecule has 0 spiro atoms.